The number of halogens is 1. The summed E-state index contributed by atoms with van der Waals surface area (Å²) in [6, 6.07) is 0.621. The Kier molecular flexibility index (Phi) is 7.63. The van der Waals surface area contributed by atoms with Gasteiger partial charge < -0.3 is 15.1 Å². The number of piperidine rings is 1. The number of carbonyl (C=O) groups is 2. The Labute approximate surface area is 140 Å². The number of hydrogen-bond acceptors (Lipinski definition) is 3. The molecule has 1 unspecified atom stereocenters. The summed E-state index contributed by atoms with van der Waals surface area (Å²) in [4.78, 5) is 28.7. The van der Waals surface area contributed by atoms with Gasteiger partial charge in [0.15, 0.2) is 0 Å². The molecule has 5 nitrogen and oxygen atoms in total. The molecular weight excluding hydrogens is 302 g/mol. The molecule has 6 heteroatoms. The van der Waals surface area contributed by atoms with Crippen LogP contribution in [0.3, 0.4) is 0 Å². The molecule has 128 valence electrons. The van der Waals surface area contributed by atoms with Crippen LogP contribution in [-0.2, 0) is 9.59 Å². The van der Waals surface area contributed by atoms with Gasteiger partial charge >= 0.3 is 0 Å². The standard InChI is InChI=1S/C16H29N3O2.ClH/c1-4-13(5-2)19-11-12(10-15(19)20)16(21)18(3)14-6-8-17-9-7-14;/h12-14,17H,4-11H2,1-3H3;1H. The average Bonchev–Trinajstić information content (AvgIpc) is 2.90. The number of carbonyl (C=O) groups excluding carboxylic acids is 2. The smallest absolute Gasteiger partial charge is 0.227 e. The van der Waals surface area contributed by atoms with Crippen LogP contribution >= 0.6 is 12.4 Å². The van der Waals surface area contributed by atoms with Crippen molar-refractivity contribution in [1.82, 2.24) is 15.1 Å². The van der Waals surface area contributed by atoms with Crippen molar-refractivity contribution in [2.75, 3.05) is 26.7 Å². The molecule has 0 radical (unpaired) electrons. The minimum atomic E-state index is -0.141. The summed E-state index contributed by atoms with van der Waals surface area (Å²) < 4.78 is 0. The van der Waals surface area contributed by atoms with Crippen LogP contribution in [0.1, 0.15) is 46.0 Å². The average molecular weight is 332 g/mol. The third-order valence-electron chi connectivity index (χ3n) is 5.09. The summed E-state index contributed by atoms with van der Waals surface area (Å²) in [7, 11) is 1.91. The lowest BCUT2D eigenvalue weighted by Crippen LogP contribution is -2.46. The van der Waals surface area contributed by atoms with E-state index >= 15 is 0 Å². The number of hydrogen-bond donors (Lipinski definition) is 1. The highest BCUT2D eigenvalue weighted by molar-refractivity contribution is 5.89. The van der Waals surface area contributed by atoms with Crippen molar-refractivity contribution in [1.29, 1.82) is 0 Å². The van der Waals surface area contributed by atoms with Gasteiger partial charge in [0, 0.05) is 32.1 Å². The Morgan fingerprint density at radius 3 is 2.45 bits per heavy atom. The van der Waals surface area contributed by atoms with Crippen LogP contribution in [0.5, 0.6) is 0 Å². The molecule has 2 fully saturated rings. The first-order valence-corrected chi connectivity index (χ1v) is 8.35. The normalized spacial score (nSPS) is 22.8. The van der Waals surface area contributed by atoms with Crippen molar-refractivity contribution >= 4 is 24.2 Å². The van der Waals surface area contributed by atoms with Crippen LogP contribution in [0.4, 0.5) is 0 Å². The molecule has 0 aromatic carbocycles. The first-order valence-electron chi connectivity index (χ1n) is 8.35. The topological polar surface area (TPSA) is 52.7 Å². The molecular formula is C16H30ClN3O2. The minimum Gasteiger partial charge on any atom is -0.342 e. The van der Waals surface area contributed by atoms with E-state index in [2.05, 4.69) is 19.2 Å². The van der Waals surface area contributed by atoms with Crippen LogP contribution in [0.2, 0.25) is 0 Å². The third kappa shape index (κ3) is 4.13. The molecule has 0 aromatic heterocycles. The lowest BCUT2D eigenvalue weighted by Gasteiger charge is -2.33. The maximum Gasteiger partial charge on any atom is 0.227 e. The summed E-state index contributed by atoms with van der Waals surface area (Å²) in [5.74, 6) is 0.169. The minimum absolute atomic E-state index is 0. The van der Waals surface area contributed by atoms with Gasteiger partial charge in [-0.15, -0.1) is 12.4 Å². The summed E-state index contributed by atoms with van der Waals surface area (Å²) in [6.07, 6.45) is 4.35. The molecule has 0 aliphatic carbocycles. The van der Waals surface area contributed by atoms with E-state index in [4.69, 9.17) is 0 Å². The highest BCUT2D eigenvalue weighted by Gasteiger charge is 2.39. The molecule has 0 aromatic rings. The predicted octanol–water partition coefficient (Wildman–Crippen LogP) is 1.66. The zero-order valence-corrected chi connectivity index (χ0v) is 14.8. The van der Waals surface area contributed by atoms with Gasteiger partial charge in [-0.25, -0.2) is 0 Å². The molecule has 2 heterocycles. The van der Waals surface area contributed by atoms with Gasteiger partial charge in [-0.1, -0.05) is 13.8 Å². The van der Waals surface area contributed by atoms with Crippen molar-refractivity contribution in [2.24, 2.45) is 5.92 Å². The molecule has 2 aliphatic rings. The molecule has 0 saturated carbocycles. The fourth-order valence-corrected chi connectivity index (χ4v) is 3.64. The van der Waals surface area contributed by atoms with Crippen molar-refractivity contribution in [3.8, 4) is 0 Å². The first-order chi connectivity index (χ1) is 10.1. The van der Waals surface area contributed by atoms with Crippen molar-refractivity contribution < 1.29 is 9.59 Å². The SMILES string of the molecule is CCC(CC)N1CC(C(=O)N(C)C2CCNCC2)CC1=O.Cl. The summed E-state index contributed by atoms with van der Waals surface area (Å²) >= 11 is 0. The zero-order valence-electron chi connectivity index (χ0n) is 14.0. The van der Waals surface area contributed by atoms with Gasteiger partial charge in [0.2, 0.25) is 11.8 Å². The van der Waals surface area contributed by atoms with Crippen molar-refractivity contribution in [3.05, 3.63) is 0 Å². The van der Waals surface area contributed by atoms with E-state index < -0.39 is 0 Å². The number of rotatable bonds is 5. The predicted molar refractivity (Wildman–Crippen MR) is 90.1 cm³/mol. The largest absolute Gasteiger partial charge is 0.342 e. The number of nitrogens with one attached hydrogen (secondary N) is 1. The Hall–Kier alpha value is -0.810. The molecule has 2 rings (SSSR count). The fourth-order valence-electron chi connectivity index (χ4n) is 3.64. The monoisotopic (exact) mass is 331 g/mol. The molecule has 1 N–H and O–H groups in total. The van der Waals surface area contributed by atoms with Crippen LogP contribution in [-0.4, -0.2) is 60.4 Å². The van der Waals surface area contributed by atoms with Crippen LogP contribution in [0.15, 0.2) is 0 Å². The third-order valence-corrected chi connectivity index (χ3v) is 5.09. The molecule has 22 heavy (non-hydrogen) atoms. The number of amides is 2. The van der Waals surface area contributed by atoms with E-state index in [0.717, 1.165) is 38.8 Å². The van der Waals surface area contributed by atoms with Gasteiger partial charge in [0.05, 0.1) is 5.92 Å². The van der Waals surface area contributed by atoms with Crippen LogP contribution in [0, 0.1) is 5.92 Å². The van der Waals surface area contributed by atoms with E-state index in [0.29, 0.717) is 25.0 Å². The maximum atomic E-state index is 12.7. The number of nitrogens with zero attached hydrogens (tertiary/aromatic N) is 2. The van der Waals surface area contributed by atoms with E-state index in [1.165, 1.54) is 0 Å². The quantitative estimate of drug-likeness (QED) is 0.833. The highest BCUT2D eigenvalue weighted by Crippen LogP contribution is 2.25. The van der Waals surface area contributed by atoms with Gasteiger partial charge in [-0.05, 0) is 38.8 Å². The van der Waals surface area contributed by atoms with Crippen LogP contribution in [0.25, 0.3) is 0 Å². The van der Waals surface area contributed by atoms with Crippen molar-refractivity contribution in [3.63, 3.8) is 0 Å². The Balaban J connectivity index is 0.00000242. The van der Waals surface area contributed by atoms with E-state index in [1.54, 1.807) is 0 Å². The molecule has 2 saturated heterocycles. The summed E-state index contributed by atoms with van der Waals surface area (Å²) in [5, 5.41) is 3.32. The Morgan fingerprint density at radius 2 is 1.91 bits per heavy atom. The molecule has 0 bridgehead atoms. The first kappa shape index (κ1) is 19.2. The van der Waals surface area contributed by atoms with E-state index in [9.17, 15) is 9.59 Å². The second-order valence-corrected chi connectivity index (χ2v) is 6.35. The molecule has 1 atom stereocenters. The van der Waals surface area contributed by atoms with Crippen LogP contribution < -0.4 is 5.32 Å². The lowest BCUT2D eigenvalue weighted by atomic mass is 10.0. The molecule has 2 amide bonds. The van der Waals surface area contributed by atoms with Gasteiger partial charge in [-0.2, -0.15) is 0 Å². The molecule has 2 aliphatic heterocycles. The van der Waals surface area contributed by atoms with E-state index in [1.807, 2.05) is 16.8 Å². The molecule has 0 spiro atoms. The van der Waals surface area contributed by atoms with E-state index in [-0.39, 0.29) is 30.1 Å². The summed E-state index contributed by atoms with van der Waals surface area (Å²) in [6.45, 7) is 6.78. The highest BCUT2D eigenvalue weighted by atomic mass is 35.5. The number of likely N-dealkylation sites (tertiary alicyclic amines) is 1. The summed E-state index contributed by atoms with van der Waals surface area (Å²) in [5.41, 5.74) is 0. The van der Waals surface area contributed by atoms with Crippen molar-refractivity contribution in [2.45, 2.75) is 58.0 Å². The second-order valence-electron chi connectivity index (χ2n) is 6.35. The maximum absolute atomic E-state index is 12.7. The lowest BCUT2D eigenvalue weighted by molar-refractivity contribution is -0.137. The Bertz CT molecular complexity index is 382. The van der Waals surface area contributed by atoms with Gasteiger partial charge in [-0.3, -0.25) is 9.59 Å². The van der Waals surface area contributed by atoms with Gasteiger partial charge in [0.1, 0.15) is 0 Å². The fraction of sp³-hybridized carbons (Fsp3) is 0.875. The Morgan fingerprint density at radius 1 is 1.32 bits per heavy atom. The second kappa shape index (κ2) is 8.73. The zero-order chi connectivity index (χ0) is 15.4. The van der Waals surface area contributed by atoms with Gasteiger partial charge in [0.25, 0.3) is 0 Å².